The molecule has 4 aromatic rings. The Balaban J connectivity index is 1.30. The van der Waals surface area contributed by atoms with Crippen LogP contribution in [0.4, 0.5) is 10.2 Å². The van der Waals surface area contributed by atoms with E-state index in [2.05, 4.69) is 17.3 Å². The number of carbonyl (C=O) groups excluding carboxylic acids is 1. The van der Waals surface area contributed by atoms with E-state index in [1.54, 1.807) is 35.1 Å². The Hall–Kier alpha value is -3.87. The van der Waals surface area contributed by atoms with Gasteiger partial charge in [0.05, 0.1) is 6.54 Å². The first-order chi connectivity index (χ1) is 15.6. The molecule has 0 saturated heterocycles. The van der Waals surface area contributed by atoms with Crippen LogP contribution in [0.1, 0.15) is 40.8 Å². The van der Waals surface area contributed by atoms with Gasteiger partial charge in [0.2, 0.25) is 0 Å². The van der Waals surface area contributed by atoms with Gasteiger partial charge in [-0.15, -0.1) is 0 Å². The van der Waals surface area contributed by atoms with Crippen molar-refractivity contribution in [2.45, 2.75) is 32.9 Å². The number of aromatic nitrogens is 2. The summed E-state index contributed by atoms with van der Waals surface area (Å²) in [6.07, 6.45) is 3.86. The Bertz CT molecular complexity index is 1180. The third-order valence-corrected chi connectivity index (χ3v) is 4.84. The molecule has 0 bridgehead atoms. The van der Waals surface area contributed by atoms with Crippen molar-refractivity contribution in [3.8, 4) is 5.75 Å². The summed E-state index contributed by atoms with van der Waals surface area (Å²) in [4.78, 5) is 12.5. The predicted molar refractivity (Wildman–Crippen MR) is 119 cm³/mol. The average molecular weight is 433 g/mol. The van der Waals surface area contributed by atoms with Crippen LogP contribution in [0.5, 0.6) is 5.75 Å². The molecule has 6 nitrogen and oxygen atoms in total. The van der Waals surface area contributed by atoms with E-state index in [9.17, 15) is 9.18 Å². The van der Waals surface area contributed by atoms with Gasteiger partial charge in [-0.05, 0) is 53.9 Å². The molecule has 7 heteroatoms. The number of nitrogens with one attached hydrogen (secondary N) is 1. The number of amides is 1. The Morgan fingerprint density at radius 3 is 2.72 bits per heavy atom. The van der Waals surface area contributed by atoms with Gasteiger partial charge in [-0.3, -0.25) is 9.48 Å². The van der Waals surface area contributed by atoms with E-state index >= 15 is 0 Å². The number of furan rings is 1. The Morgan fingerprint density at radius 1 is 1.09 bits per heavy atom. The van der Waals surface area contributed by atoms with Crippen LogP contribution in [0.15, 0.2) is 77.3 Å². The van der Waals surface area contributed by atoms with Gasteiger partial charge in [0.25, 0.3) is 5.91 Å². The van der Waals surface area contributed by atoms with Gasteiger partial charge in [0, 0.05) is 12.3 Å². The number of anilines is 1. The van der Waals surface area contributed by atoms with Crippen molar-refractivity contribution in [2.24, 2.45) is 0 Å². The fraction of sp³-hybridized carbons (Fsp3) is 0.200. The molecule has 0 fully saturated rings. The first kappa shape index (κ1) is 21.4. The number of hydrogen-bond acceptors (Lipinski definition) is 4. The topological polar surface area (TPSA) is 69.3 Å². The third-order valence-electron chi connectivity index (χ3n) is 4.84. The first-order valence-corrected chi connectivity index (χ1v) is 10.5. The zero-order valence-corrected chi connectivity index (χ0v) is 17.8. The van der Waals surface area contributed by atoms with Crippen LogP contribution in [0.3, 0.4) is 0 Å². The smallest absolute Gasteiger partial charge is 0.292 e. The van der Waals surface area contributed by atoms with E-state index in [0.29, 0.717) is 18.1 Å². The second-order valence-corrected chi connectivity index (χ2v) is 7.43. The molecule has 2 heterocycles. The van der Waals surface area contributed by atoms with Gasteiger partial charge in [-0.25, -0.2) is 4.39 Å². The molecule has 1 N–H and O–H groups in total. The maximum atomic E-state index is 13.3. The summed E-state index contributed by atoms with van der Waals surface area (Å²) in [6, 6.07) is 19.3. The van der Waals surface area contributed by atoms with Gasteiger partial charge < -0.3 is 14.5 Å². The van der Waals surface area contributed by atoms with Crippen molar-refractivity contribution in [1.29, 1.82) is 0 Å². The molecule has 164 valence electrons. The summed E-state index contributed by atoms with van der Waals surface area (Å²) in [5, 5.41) is 7.00. The maximum absolute atomic E-state index is 13.3. The molecule has 0 aliphatic heterocycles. The molecule has 0 atom stereocenters. The van der Waals surface area contributed by atoms with E-state index in [1.165, 1.54) is 17.7 Å². The highest BCUT2D eigenvalue weighted by molar-refractivity contribution is 6.01. The minimum atomic E-state index is -0.406. The number of halogens is 1. The van der Waals surface area contributed by atoms with Gasteiger partial charge in [-0.1, -0.05) is 37.6 Å². The molecule has 2 aromatic heterocycles. The van der Waals surface area contributed by atoms with Gasteiger partial charge >= 0.3 is 0 Å². The van der Waals surface area contributed by atoms with E-state index in [0.717, 1.165) is 24.2 Å². The highest BCUT2D eigenvalue weighted by Gasteiger charge is 2.13. The number of benzene rings is 2. The number of hydrogen-bond donors (Lipinski definition) is 1. The lowest BCUT2D eigenvalue weighted by Gasteiger charge is -2.05. The summed E-state index contributed by atoms with van der Waals surface area (Å²) in [6.45, 7) is 2.77. The second-order valence-electron chi connectivity index (χ2n) is 7.43. The zero-order valence-electron chi connectivity index (χ0n) is 17.8. The summed E-state index contributed by atoms with van der Waals surface area (Å²) in [5.41, 5.74) is 2.05. The third kappa shape index (κ3) is 5.63. The minimum absolute atomic E-state index is 0.168. The highest BCUT2D eigenvalue weighted by Crippen LogP contribution is 2.17. The number of aryl methyl sites for hydroxylation is 1. The standard InChI is InChI=1S/C25H24FN3O3/c1-2-4-18-7-9-21(10-8-18)31-17-22-11-12-23(32-22)25(30)27-24-13-14-29(28-24)16-19-5-3-6-20(26)15-19/h3,5-15H,2,4,16-17H2,1H3,(H,27,28,30). The lowest BCUT2D eigenvalue weighted by molar-refractivity contribution is 0.0992. The van der Waals surface area contributed by atoms with Gasteiger partial charge in [0.1, 0.15) is 23.9 Å². The Labute approximate surface area is 185 Å². The normalized spacial score (nSPS) is 10.8. The summed E-state index contributed by atoms with van der Waals surface area (Å²) >= 11 is 0. The summed E-state index contributed by atoms with van der Waals surface area (Å²) in [5.74, 6) is 1.14. The number of carbonyl (C=O) groups is 1. The van der Waals surface area contributed by atoms with Crippen LogP contribution in [-0.2, 0) is 19.6 Å². The molecule has 0 unspecified atom stereocenters. The zero-order chi connectivity index (χ0) is 22.3. The largest absolute Gasteiger partial charge is 0.486 e. The van der Waals surface area contributed by atoms with Crippen molar-refractivity contribution < 1.29 is 18.3 Å². The fourth-order valence-electron chi connectivity index (χ4n) is 3.29. The lowest BCUT2D eigenvalue weighted by Crippen LogP contribution is -2.12. The number of nitrogens with zero attached hydrogens (tertiary/aromatic N) is 2. The van der Waals surface area contributed by atoms with Crippen LogP contribution in [0.25, 0.3) is 0 Å². The molecule has 0 spiro atoms. The molecule has 0 saturated carbocycles. The molecule has 1 amide bonds. The predicted octanol–water partition coefficient (Wildman–Crippen LogP) is 5.45. The molecule has 0 radical (unpaired) electrons. The molecule has 2 aromatic carbocycles. The molecule has 0 aliphatic rings. The van der Waals surface area contributed by atoms with E-state index < -0.39 is 5.91 Å². The van der Waals surface area contributed by atoms with Crippen LogP contribution >= 0.6 is 0 Å². The SMILES string of the molecule is CCCc1ccc(OCc2ccc(C(=O)Nc3ccn(Cc4cccc(F)c4)n3)o2)cc1. The Morgan fingerprint density at radius 2 is 1.94 bits per heavy atom. The highest BCUT2D eigenvalue weighted by atomic mass is 19.1. The average Bonchev–Trinajstić information content (AvgIpc) is 3.43. The molecule has 32 heavy (non-hydrogen) atoms. The minimum Gasteiger partial charge on any atom is -0.486 e. The van der Waals surface area contributed by atoms with Crippen molar-refractivity contribution in [3.05, 3.63) is 101 Å². The van der Waals surface area contributed by atoms with E-state index in [-0.39, 0.29) is 18.2 Å². The Kier molecular flexibility index (Phi) is 6.65. The van der Waals surface area contributed by atoms with Gasteiger partial charge in [-0.2, -0.15) is 5.10 Å². The van der Waals surface area contributed by atoms with Crippen LogP contribution < -0.4 is 10.1 Å². The number of rotatable bonds is 9. The van der Waals surface area contributed by atoms with E-state index in [4.69, 9.17) is 9.15 Å². The fourth-order valence-corrected chi connectivity index (χ4v) is 3.29. The van der Waals surface area contributed by atoms with Crippen LogP contribution in [-0.4, -0.2) is 15.7 Å². The second kappa shape index (κ2) is 9.96. The lowest BCUT2D eigenvalue weighted by atomic mass is 10.1. The molecular formula is C25H24FN3O3. The van der Waals surface area contributed by atoms with Crippen molar-refractivity contribution in [2.75, 3.05) is 5.32 Å². The van der Waals surface area contributed by atoms with Crippen LogP contribution in [0.2, 0.25) is 0 Å². The maximum Gasteiger partial charge on any atom is 0.292 e. The first-order valence-electron chi connectivity index (χ1n) is 10.5. The quantitative estimate of drug-likeness (QED) is 0.381. The number of ether oxygens (including phenoxy) is 1. The monoisotopic (exact) mass is 433 g/mol. The molecule has 0 aliphatic carbocycles. The molecular weight excluding hydrogens is 409 g/mol. The summed E-state index contributed by atoms with van der Waals surface area (Å²) in [7, 11) is 0. The van der Waals surface area contributed by atoms with Crippen molar-refractivity contribution in [1.82, 2.24) is 9.78 Å². The molecule has 4 rings (SSSR count). The van der Waals surface area contributed by atoms with Crippen molar-refractivity contribution in [3.63, 3.8) is 0 Å². The van der Waals surface area contributed by atoms with Crippen LogP contribution in [0, 0.1) is 5.82 Å². The van der Waals surface area contributed by atoms with Crippen molar-refractivity contribution >= 4 is 11.7 Å². The summed E-state index contributed by atoms with van der Waals surface area (Å²) < 4.78 is 26.3. The van der Waals surface area contributed by atoms with E-state index in [1.807, 2.05) is 30.3 Å². The van der Waals surface area contributed by atoms with Gasteiger partial charge in [0.15, 0.2) is 11.6 Å².